The number of quaternary nitrogens is 1. The summed E-state index contributed by atoms with van der Waals surface area (Å²) in [6.45, 7) is 3.99. The first-order valence-electron chi connectivity index (χ1n) is 10.2. The molecule has 28 heavy (non-hydrogen) atoms. The Bertz CT molecular complexity index is 856. The molecule has 0 radical (unpaired) electrons. The number of para-hydroxylation sites is 1. The number of aromatic nitrogens is 1. The van der Waals surface area contributed by atoms with Gasteiger partial charge in [0.2, 0.25) is 0 Å². The van der Waals surface area contributed by atoms with Gasteiger partial charge in [-0.1, -0.05) is 24.3 Å². The van der Waals surface area contributed by atoms with E-state index in [2.05, 4.69) is 4.98 Å². The number of ether oxygens (including phenoxy) is 2. The molecular weight excluding hydrogens is 352 g/mol. The largest absolute Gasteiger partial charge is 0.493 e. The molecule has 0 unspecified atom stereocenters. The lowest BCUT2D eigenvalue weighted by Crippen LogP contribution is -3.14. The number of aliphatic hydroxyl groups is 1. The third-order valence-electron chi connectivity index (χ3n) is 5.55. The maximum atomic E-state index is 10.4. The summed E-state index contributed by atoms with van der Waals surface area (Å²) in [5.74, 6) is 2.37. The number of rotatable bonds is 8. The predicted molar refractivity (Wildman–Crippen MR) is 110 cm³/mol. The number of piperidine rings is 1. The van der Waals surface area contributed by atoms with Crippen LogP contribution in [0.1, 0.15) is 12.8 Å². The first-order chi connectivity index (χ1) is 13.8. The Morgan fingerprint density at radius 3 is 2.64 bits per heavy atom. The maximum Gasteiger partial charge on any atom is 0.137 e. The van der Waals surface area contributed by atoms with Gasteiger partial charge in [0.1, 0.15) is 30.8 Å². The van der Waals surface area contributed by atoms with Crippen molar-refractivity contribution in [2.24, 2.45) is 5.92 Å². The molecule has 1 saturated heterocycles. The number of fused-ring (bicyclic) bond motifs is 1. The van der Waals surface area contributed by atoms with E-state index in [-0.39, 0.29) is 0 Å². The number of aromatic amines is 1. The summed E-state index contributed by atoms with van der Waals surface area (Å²) < 4.78 is 11.8. The molecule has 1 atom stereocenters. The van der Waals surface area contributed by atoms with Crippen LogP contribution in [0.25, 0.3) is 10.9 Å². The van der Waals surface area contributed by atoms with Gasteiger partial charge in [-0.2, -0.15) is 0 Å². The SMILES string of the molecule is O[C@H](COc1cccc2[nH]ccc12)C[NH+]1CCC(COc2ccccc2)CC1. The second-order valence-electron chi connectivity index (χ2n) is 7.68. The van der Waals surface area contributed by atoms with E-state index >= 15 is 0 Å². The predicted octanol–water partition coefficient (Wildman–Crippen LogP) is 2.28. The van der Waals surface area contributed by atoms with Crippen molar-refractivity contribution in [1.29, 1.82) is 0 Å². The highest BCUT2D eigenvalue weighted by atomic mass is 16.5. The van der Waals surface area contributed by atoms with Gasteiger partial charge in [-0.3, -0.25) is 0 Å². The Balaban J connectivity index is 1.18. The molecule has 1 aliphatic heterocycles. The fourth-order valence-electron chi connectivity index (χ4n) is 3.95. The summed E-state index contributed by atoms with van der Waals surface area (Å²) in [4.78, 5) is 4.63. The molecule has 0 spiro atoms. The lowest BCUT2D eigenvalue weighted by molar-refractivity contribution is -0.909. The van der Waals surface area contributed by atoms with Gasteiger partial charge in [0.05, 0.1) is 19.7 Å². The van der Waals surface area contributed by atoms with Crippen molar-refractivity contribution in [2.45, 2.75) is 18.9 Å². The Morgan fingerprint density at radius 1 is 1.00 bits per heavy atom. The molecular formula is C23H29N2O3+. The Morgan fingerprint density at radius 2 is 1.82 bits per heavy atom. The smallest absolute Gasteiger partial charge is 0.137 e. The number of hydrogen-bond acceptors (Lipinski definition) is 3. The van der Waals surface area contributed by atoms with Gasteiger partial charge in [0.25, 0.3) is 0 Å². The summed E-state index contributed by atoms with van der Waals surface area (Å²) in [7, 11) is 0. The van der Waals surface area contributed by atoms with E-state index in [0.29, 0.717) is 12.5 Å². The van der Waals surface area contributed by atoms with Crippen LogP contribution in [0, 0.1) is 5.92 Å². The van der Waals surface area contributed by atoms with E-state index in [1.54, 1.807) is 0 Å². The Kier molecular flexibility index (Phi) is 6.14. The van der Waals surface area contributed by atoms with Crippen molar-refractivity contribution in [3.8, 4) is 11.5 Å². The van der Waals surface area contributed by atoms with Crippen LogP contribution in [-0.4, -0.2) is 49.0 Å². The summed E-state index contributed by atoms with van der Waals surface area (Å²) >= 11 is 0. The molecule has 0 saturated carbocycles. The zero-order valence-electron chi connectivity index (χ0n) is 16.1. The van der Waals surface area contributed by atoms with E-state index < -0.39 is 6.10 Å². The normalized spacial score (nSPS) is 20.8. The van der Waals surface area contributed by atoms with Crippen LogP contribution in [0.4, 0.5) is 0 Å². The van der Waals surface area contributed by atoms with Gasteiger partial charge < -0.3 is 24.5 Å². The van der Waals surface area contributed by atoms with Gasteiger partial charge in [-0.25, -0.2) is 0 Å². The van der Waals surface area contributed by atoms with Crippen molar-refractivity contribution in [1.82, 2.24) is 4.98 Å². The van der Waals surface area contributed by atoms with E-state index in [1.807, 2.05) is 60.8 Å². The first kappa shape index (κ1) is 18.8. The zero-order valence-corrected chi connectivity index (χ0v) is 16.1. The monoisotopic (exact) mass is 381 g/mol. The standard InChI is InChI=1S/C23H28N2O3/c26-19(17-28-23-8-4-7-22-21(23)9-12-24-22)15-25-13-10-18(11-14-25)16-27-20-5-2-1-3-6-20/h1-9,12,18-19,24,26H,10-11,13-17H2/p+1/t19-/m0/s1. The lowest BCUT2D eigenvalue weighted by Gasteiger charge is -2.30. The number of likely N-dealkylation sites (tertiary alicyclic amines) is 1. The second-order valence-corrected chi connectivity index (χ2v) is 7.68. The van der Waals surface area contributed by atoms with E-state index in [4.69, 9.17) is 9.47 Å². The number of hydrogen-bond donors (Lipinski definition) is 3. The van der Waals surface area contributed by atoms with E-state index in [0.717, 1.165) is 61.5 Å². The van der Waals surface area contributed by atoms with Crippen LogP contribution >= 0.6 is 0 Å². The summed E-state index contributed by atoms with van der Waals surface area (Å²) in [6.07, 6.45) is 3.72. The minimum absolute atomic E-state index is 0.328. The molecule has 0 bridgehead atoms. The molecule has 4 rings (SSSR count). The number of benzene rings is 2. The average Bonchev–Trinajstić information content (AvgIpc) is 3.22. The molecule has 1 aromatic heterocycles. The molecule has 0 amide bonds. The fraction of sp³-hybridized carbons (Fsp3) is 0.391. The van der Waals surface area contributed by atoms with Crippen LogP contribution in [0.15, 0.2) is 60.8 Å². The quantitative estimate of drug-likeness (QED) is 0.561. The van der Waals surface area contributed by atoms with Crippen molar-refractivity contribution >= 4 is 10.9 Å². The molecule has 148 valence electrons. The third-order valence-corrected chi connectivity index (χ3v) is 5.55. The highest BCUT2D eigenvalue weighted by Crippen LogP contribution is 2.24. The Hall–Kier alpha value is -2.50. The van der Waals surface area contributed by atoms with Crippen molar-refractivity contribution in [3.05, 3.63) is 60.8 Å². The number of H-pyrrole nitrogens is 1. The molecule has 5 heteroatoms. The topological polar surface area (TPSA) is 58.9 Å². The molecule has 1 fully saturated rings. The minimum Gasteiger partial charge on any atom is -0.493 e. The van der Waals surface area contributed by atoms with E-state index in [9.17, 15) is 5.11 Å². The number of nitrogens with one attached hydrogen (secondary N) is 2. The number of aliphatic hydroxyl groups excluding tert-OH is 1. The molecule has 2 aromatic carbocycles. The van der Waals surface area contributed by atoms with Crippen molar-refractivity contribution in [3.63, 3.8) is 0 Å². The minimum atomic E-state index is -0.457. The van der Waals surface area contributed by atoms with Crippen LogP contribution < -0.4 is 14.4 Å². The second kappa shape index (κ2) is 9.13. The van der Waals surface area contributed by atoms with Crippen molar-refractivity contribution < 1.29 is 19.5 Å². The highest BCUT2D eigenvalue weighted by molar-refractivity contribution is 5.85. The van der Waals surface area contributed by atoms with Gasteiger partial charge in [-0.15, -0.1) is 0 Å². The molecule has 2 heterocycles. The Labute approximate surface area is 165 Å². The van der Waals surface area contributed by atoms with E-state index in [1.165, 1.54) is 4.90 Å². The molecule has 1 aliphatic rings. The third kappa shape index (κ3) is 4.86. The molecule has 3 N–H and O–H groups in total. The summed E-state index contributed by atoms with van der Waals surface area (Å²) in [5.41, 5.74) is 1.05. The highest BCUT2D eigenvalue weighted by Gasteiger charge is 2.24. The van der Waals surface area contributed by atoms with Crippen LogP contribution in [0.2, 0.25) is 0 Å². The first-order valence-corrected chi connectivity index (χ1v) is 10.2. The van der Waals surface area contributed by atoms with Crippen LogP contribution in [0.3, 0.4) is 0 Å². The molecule has 5 nitrogen and oxygen atoms in total. The molecule has 3 aromatic rings. The zero-order chi connectivity index (χ0) is 19.2. The van der Waals surface area contributed by atoms with Crippen LogP contribution in [-0.2, 0) is 0 Å². The van der Waals surface area contributed by atoms with Gasteiger partial charge >= 0.3 is 0 Å². The van der Waals surface area contributed by atoms with Gasteiger partial charge in [0, 0.05) is 35.9 Å². The van der Waals surface area contributed by atoms with Crippen LogP contribution in [0.5, 0.6) is 11.5 Å². The average molecular weight is 381 g/mol. The maximum absolute atomic E-state index is 10.4. The van der Waals surface area contributed by atoms with Gasteiger partial charge in [0.15, 0.2) is 0 Å². The lowest BCUT2D eigenvalue weighted by atomic mass is 9.97. The van der Waals surface area contributed by atoms with Crippen molar-refractivity contribution in [2.75, 3.05) is 32.8 Å². The summed E-state index contributed by atoms with van der Waals surface area (Å²) in [6, 6.07) is 18.0. The fourth-order valence-corrected chi connectivity index (χ4v) is 3.95. The molecule has 0 aliphatic carbocycles. The van der Waals surface area contributed by atoms with Gasteiger partial charge in [-0.05, 0) is 30.3 Å². The summed E-state index contributed by atoms with van der Waals surface area (Å²) in [5, 5.41) is 11.5.